The van der Waals surface area contributed by atoms with Crippen LogP contribution in [0.4, 0.5) is 11.4 Å². The summed E-state index contributed by atoms with van der Waals surface area (Å²) in [7, 11) is 4.05. The van der Waals surface area contributed by atoms with E-state index in [1.165, 1.54) is 5.56 Å². The Morgan fingerprint density at radius 1 is 1.40 bits per heavy atom. The second kappa shape index (κ2) is 5.61. The fraction of sp³-hybridized carbons (Fsp3) is 0.500. The number of rotatable bonds is 5. The number of aryl methyl sites for hydroxylation is 1. The quantitative estimate of drug-likeness (QED) is 0.569. The van der Waals surface area contributed by atoms with Gasteiger partial charge < -0.3 is 16.0 Å². The van der Waals surface area contributed by atoms with E-state index in [2.05, 4.69) is 36.3 Å². The van der Waals surface area contributed by atoms with Gasteiger partial charge in [0, 0.05) is 13.6 Å². The van der Waals surface area contributed by atoms with E-state index in [1.54, 1.807) is 0 Å². The van der Waals surface area contributed by atoms with Crippen molar-refractivity contribution < 1.29 is 0 Å². The lowest BCUT2D eigenvalue weighted by atomic mass is 10.2. The monoisotopic (exact) mass is 207 g/mol. The molecule has 0 radical (unpaired) electrons. The molecule has 3 N–H and O–H groups in total. The van der Waals surface area contributed by atoms with Crippen LogP contribution in [0.15, 0.2) is 18.2 Å². The Labute approximate surface area is 92.3 Å². The summed E-state index contributed by atoms with van der Waals surface area (Å²) >= 11 is 0. The molecule has 1 rings (SSSR count). The molecular formula is C12H21N3. The van der Waals surface area contributed by atoms with Crippen molar-refractivity contribution in [3.8, 4) is 0 Å². The van der Waals surface area contributed by atoms with Crippen LogP contribution in [0.1, 0.15) is 12.0 Å². The molecule has 3 heteroatoms. The third-order valence-corrected chi connectivity index (χ3v) is 2.51. The van der Waals surface area contributed by atoms with E-state index in [4.69, 9.17) is 5.73 Å². The molecule has 0 amide bonds. The predicted molar refractivity (Wildman–Crippen MR) is 67.4 cm³/mol. The van der Waals surface area contributed by atoms with E-state index in [0.717, 1.165) is 30.9 Å². The molecule has 0 saturated carbocycles. The number of nitrogens with two attached hydrogens (primary N) is 1. The van der Waals surface area contributed by atoms with Crippen molar-refractivity contribution >= 4 is 11.4 Å². The molecule has 0 aliphatic heterocycles. The van der Waals surface area contributed by atoms with E-state index in [0.29, 0.717) is 0 Å². The van der Waals surface area contributed by atoms with Crippen LogP contribution in [0.5, 0.6) is 0 Å². The molecule has 1 aromatic rings. The van der Waals surface area contributed by atoms with Crippen LogP contribution in [0.2, 0.25) is 0 Å². The first-order chi connectivity index (χ1) is 7.15. The maximum absolute atomic E-state index is 5.97. The van der Waals surface area contributed by atoms with Crippen LogP contribution in [-0.4, -0.2) is 27.2 Å². The van der Waals surface area contributed by atoms with Gasteiger partial charge in [0.05, 0.1) is 11.4 Å². The highest BCUT2D eigenvalue weighted by Gasteiger charge is 2.04. The van der Waals surface area contributed by atoms with Crippen molar-refractivity contribution in [2.24, 2.45) is 0 Å². The first-order valence-corrected chi connectivity index (χ1v) is 5.37. The van der Waals surface area contributed by atoms with Gasteiger partial charge in [0.1, 0.15) is 0 Å². The van der Waals surface area contributed by atoms with Gasteiger partial charge in [0.15, 0.2) is 0 Å². The fourth-order valence-electron chi connectivity index (χ4n) is 1.64. The fourth-order valence-corrected chi connectivity index (χ4v) is 1.64. The largest absolute Gasteiger partial charge is 0.397 e. The third kappa shape index (κ3) is 3.44. The second-order valence-electron chi connectivity index (χ2n) is 3.94. The van der Waals surface area contributed by atoms with Gasteiger partial charge in [-0.1, -0.05) is 6.07 Å². The number of anilines is 2. The summed E-state index contributed by atoms with van der Waals surface area (Å²) in [5.74, 6) is 0. The van der Waals surface area contributed by atoms with Crippen LogP contribution in [0, 0.1) is 6.92 Å². The lowest BCUT2D eigenvalue weighted by molar-refractivity contribution is 0.713. The molecule has 0 spiro atoms. The molecule has 0 fully saturated rings. The summed E-state index contributed by atoms with van der Waals surface area (Å²) in [6.07, 6.45) is 1.13. The van der Waals surface area contributed by atoms with Crippen LogP contribution in [-0.2, 0) is 0 Å². The highest BCUT2D eigenvalue weighted by molar-refractivity contribution is 5.68. The van der Waals surface area contributed by atoms with E-state index in [1.807, 2.05) is 13.1 Å². The van der Waals surface area contributed by atoms with E-state index in [-0.39, 0.29) is 0 Å². The highest BCUT2D eigenvalue weighted by atomic mass is 15.1. The topological polar surface area (TPSA) is 41.3 Å². The molecule has 0 atom stereocenters. The number of benzene rings is 1. The minimum Gasteiger partial charge on any atom is -0.397 e. The van der Waals surface area contributed by atoms with Gasteiger partial charge in [0.25, 0.3) is 0 Å². The standard InChI is InChI=1S/C12H21N3/c1-10-5-6-12(11(13)9-10)15(3)8-4-7-14-2/h5-6,9,14H,4,7-8,13H2,1-3H3. The molecule has 0 aromatic heterocycles. The summed E-state index contributed by atoms with van der Waals surface area (Å²) in [6.45, 7) is 4.12. The van der Waals surface area contributed by atoms with Crippen molar-refractivity contribution in [2.75, 3.05) is 37.8 Å². The first kappa shape index (κ1) is 11.9. The number of nitrogen functional groups attached to an aromatic ring is 1. The SMILES string of the molecule is CNCCCN(C)c1ccc(C)cc1N. The van der Waals surface area contributed by atoms with Crippen LogP contribution in [0.3, 0.4) is 0 Å². The van der Waals surface area contributed by atoms with Gasteiger partial charge in [0.2, 0.25) is 0 Å². The van der Waals surface area contributed by atoms with Gasteiger partial charge in [-0.25, -0.2) is 0 Å². The van der Waals surface area contributed by atoms with Gasteiger partial charge in [-0.05, 0) is 44.6 Å². The summed E-state index contributed by atoms with van der Waals surface area (Å²) in [5, 5.41) is 3.14. The number of nitrogens with one attached hydrogen (secondary N) is 1. The Bertz CT molecular complexity index is 310. The van der Waals surface area contributed by atoms with Crippen molar-refractivity contribution in [1.82, 2.24) is 5.32 Å². The second-order valence-corrected chi connectivity index (χ2v) is 3.94. The lowest BCUT2D eigenvalue weighted by Gasteiger charge is -2.21. The lowest BCUT2D eigenvalue weighted by Crippen LogP contribution is -2.23. The number of hydrogen-bond donors (Lipinski definition) is 2. The van der Waals surface area contributed by atoms with E-state index < -0.39 is 0 Å². The van der Waals surface area contributed by atoms with Crippen LogP contribution in [0.25, 0.3) is 0 Å². The predicted octanol–water partition coefficient (Wildman–Crippen LogP) is 1.62. The minimum atomic E-state index is 0.863. The summed E-state index contributed by atoms with van der Waals surface area (Å²) in [5.41, 5.74) is 9.16. The van der Waals surface area contributed by atoms with Crippen molar-refractivity contribution in [2.45, 2.75) is 13.3 Å². The van der Waals surface area contributed by atoms with Crippen LogP contribution < -0.4 is 16.0 Å². The molecule has 0 saturated heterocycles. The molecular weight excluding hydrogens is 186 g/mol. The van der Waals surface area contributed by atoms with Gasteiger partial charge >= 0.3 is 0 Å². The molecule has 15 heavy (non-hydrogen) atoms. The first-order valence-electron chi connectivity index (χ1n) is 5.37. The average molecular weight is 207 g/mol. The van der Waals surface area contributed by atoms with E-state index >= 15 is 0 Å². The molecule has 0 aliphatic rings. The molecule has 0 aliphatic carbocycles. The number of hydrogen-bond acceptors (Lipinski definition) is 3. The summed E-state index contributed by atoms with van der Waals surface area (Å²) in [4.78, 5) is 2.20. The summed E-state index contributed by atoms with van der Waals surface area (Å²) < 4.78 is 0. The Balaban J connectivity index is 2.61. The maximum Gasteiger partial charge on any atom is 0.0597 e. The Morgan fingerprint density at radius 3 is 2.73 bits per heavy atom. The zero-order valence-corrected chi connectivity index (χ0v) is 9.88. The molecule has 3 nitrogen and oxygen atoms in total. The minimum absolute atomic E-state index is 0.863. The third-order valence-electron chi connectivity index (χ3n) is 2.51. The Morgan fingerprint density at radius 2 is 2.13 bits per heavy atom. The maximum atomic E-state index is 5.97. The molecule has 0 bridgehead atoms. The normalized spacial score (nSPS) is 10.3. The van der Waals surface area contributed by atoms with Crippen molar-refractivity contribution in [3.05, 3.63) is 23.8 Å². The van der Waals surface area contributed by atoms with Gasteiger partial charge in [-0.2, -0.15) is 0 Å². The average Bonchev–Trinajstić information content (AvgIpc) is 2.17. The highest BCUT2D eigenvalue weighted by Crippen LogP contribution is 2.22. The molecule has 1 aromatic carbocycles. The number of nitrogens with zero attached hydrogens (tertiary/aromatic N) is 1. The summed E-state index contributed by atoms with van der Waals surface area (Å²) in [6, 6.07) is 6.20. The van der Waals surface area contributed by atoms with Crippen molar-refractivity contribution in [3.63, 3.8) is 0 Å². The Hall–Kier alpha value is -1.22. The van der Waals surface area contributed by atoms with Crippen molar-refractivity contribution in [1.29, 1.82) is 0 Å². The zero-order valence-electron chi connectivity index (χ0n) is 9.88. The zero-order chi connectivity index (χ0) is 11.3. The Kier molecular flexibility index (Phi) is 4.43. The van der Waals surface area contributed by atoms with Gasteiger partial charge in [-0.15, -0.1) is 0 Å². The van der Waals surface area contributed by atoms with E-state index in [9.17, 15) is 0 Å². The molecule has 0 unspecified atom stereocenters. The molecule has 84 valence electrons. The van der Waals surface area contributed by atoms with Gasteiger partial charge in [-0.3, -0.25) is 0 Å². The molecule has 0 heterocycles. The van der Waals surface area contributed by atoms with Crippen LogP contribution >= 0.6 is 0 Å². The smallest absolute Gasteiger partial charge is 0.0597 e.